The fourth-order valence-corrected chi connectivity index (χ4v) is 2.15. The van der Waals surface area contributed by atoms with E-state index in [0.29, 0.717) is 13.0 Å². The van der Waals surface area contributed by atoms with Crippen molar-refractivity contribution in [3.8, 4) is 0 Å². The third-order valence-electron chi connectivity index (χ3n) is 3.52. The van der Waals surface area contributed by atoms with Gasteiger partial charge in [0, 0.05) is 17.8 Å². The topological polar surface area (TPSA) is 70.2 Å². The molecule has 2 amide bonds. The molecule has 1 aromatic carbocycles. The zero-order valence-corrected chi connectivity index (χ0v) is 14.3. The predicted molar refractivity (Wildman–Crippen MR) is 95.6 cm³/mol. The van der Waals surface area contributed by atoms with E-state index in [4.69, 9.17) is 0 Å². The number of carbonyl (C=O) groups is 2. The summed E-state index contributed by atoms with van der Waals surface area (Å²) in [5.74, 6) is -0.0752. The monoisotopic (exact) mass is 319 g/mol. The van der Waals surface area contributed by atoms with Crippen LogP contribution < -0.4 is 16.0 Å². The van der Waals surface area contributed by atoms with Crippen LogP contribution in [0.2, 0.25) is 0 Å². The number of unbranched alkanes of at least 4 members (excludes halogenated alkanes) is 4. The number of hydrogen-bond donors (Lipinski definition) is 3. The third-order valence-corrected chi connectivity index (χ3v) is 3.52. The first-order valence-electron chi connectivity index (χ1n) is 8.56. The van der Waals surface area contributed by atoms with Gasteiger partial charge in [-0.1, -0.05) is 39.5 Å². The number of rotatable bonds is 11. The molecule has 0 aromatic heterocycles. The lowest BCUT2D eigenvalue weighted by molar-refractivity contribution is -0.116. The van der Waals surface area contributed by atoms with Crippen molar-refractivity contribution >= 4 is 23.2 Å². The van der Waals surface area contributed by atoms with E-state index in [1.165, 1.54) is 25.7 Å². The van der Waals surface area contributed by atoms with Gasteiger partial charge in [-0.3, -0.25) is 9.59 Å². The van der Waals surface area contributed by atoms with Gasteiger partial charge in [0.15, 0.2) is 0 Å². The first-order chi connectivity index (χ1) is 11.2. The largest absolute Gasteiger partial charge is 0.326 e. The van der Waals surface area contributed by atoms with Crippen molar-refractivity contribution in [1.82, 2.24) is 5.32 Å². The number of benzene rings is 1. The Labute approximate surface area is 139 Å². The molecule has 0 fully saturated rings. The van der Waals surface area contributed by atoms with Crippen LogP contribution in [-0.4, -0.2) is 24.9 Å². The van der Waals surface area contributed by atoms with Gasteiger partial charge in [0.25, 0.3) is 0 Å². The van der Waals surface area contributed by atoms with E-state index in [1.54, 1.807) is 31.2 Å². The molecule has 0 spiro atoms. The van der Waals surface area contributed by atoms with Crippen LogP contribution in [0.3, 0.4) is 0 Å². The Balaban J connectivity index is 2.20. The molecular weight excluding hydrogens is 290 g/mol. The number of nitrogens with one attached hydrogen (secondary N) is 3. The average molecular weight is 319 g/mol. The van der Waals surface area contributed by atoms with Crippen molar-refractivity contribution in [2.75, 3.05) is 23.7 Å². The minimum atomic E-state index is -0.0519. The van der Waals surface area contributed by atoms with E-state index in [2.05, 4.69) is 22.9 Å². The average Bonchev–Trinajstić information content (AvgIpc) is 2.55. The highest BCUT2D eigenvalue weighted by molar-refractivity contribution is 5.93. The predicted octanol–water partition coefficient (Wildman–Crippen LogP) is 3.53. The van der Waals surface area contributed by atoms with Gasteiger partial charge in [0.05, 0.1) is 6.54 Å². The van der Waals surface area contributed by atoms with E-state index in [1.807, 2.05) is 0 Å². The minimum Gasteiger partial charge on any atom is -0.326 e. The van der Waals surface area contributed by atoms with Crippen molar-refractivity contribution in [2.45, 2.75) is 52.4 Å². The molecule has 0 saturated heterocycles. The highest BCUT2D eigenvalue weighted by atomic mass is 16.2. The smallest absolute Gasteiger partial charge is 0.238 e. The van der Waals surface area contributed by atoms with Gasteiger partial charge in [-0.05, 0) is 37.2 Å². The Morgan fingerprint density at radius 3 is 1.96 bits per heavy atom. The first kappa shape index (κ1) is 19.2. The van der Waals surface area contributed by atoms with Gasteiger partial charge >= 0.3 is 0 Å². The standard InChI is InChI=1S/C18H29N3O2/c1-3-5-6-7-8-13-19-14-18(23)21-16-11-9-15(10-12-16)20-17(22)4-2/h9-12,19H,3-8,13-14H2,1-2H3,(H,20,22)(H,21,23). The molecule has 3 N–H and O–H groups in total. The second kappa shape index (κ2) is 11.7. The van der Waals surface area contributed by atoms with Crippen molar-refractivity contribution in [1.29, 1.82) is 0 Å². The molecule has 0 saturated carbocycles. The second-order valence-electron chi connectivity index (χ2n) is 5.62. The van der Waals surface area contributed by atoms with E-state index < -0.39 is 0 Å². The van der Waals surface area contributed by atoms with E-state index >= 15 is 0 Å². The van der Waals surface area contributed by atoms with Gasteiger partial charge in [0.2, 0.25) is 11.8 Å². The van der Waals surface area contributed by atoms with Crippen LogP contribution in [0.1, 0.15) is 52.4 Å². The van der Waals surface area contributed by atoms with E-state index in [-0.39, 0.29) is 11.8 Å². The summed E-state index contributed by atoms with van der Waals surface area (Å²) in [6, 6.07) is 7.14. The molecule has 1 aromatic rings. The van der Waals surface area contributed by atoms with Crippen molar-refractivity contribution in [3.05, 3.63) is 24.3 Å². The molecule has 5 heteroatoms. The molecule has 1 rings (SSSR count). The van der Waals surface area contributed by atoms with Gasteiger partial charge in [-0.25, -0.2) is 0 Å². The van der Waals surface area contributed by atoms with E-state index in [0.717, 1.165) is 24.3 Å². The lowest BCUT2D eigenvalue weighted by Gasteiger charge is -2.08. The van der Waals surface area contributed by atoms with Gasteiger partial charge < -0.3 is 16.0 Å². The summed E-state index contributed by atoms with van der Waals surface area (Å²) in [6.45, 7) is 5.20. The molecule has 0 aliphatic heterocycles. The number of hydrogen-bond acceptors (Lipinski definition) is 3. The zero-order valence-electron chi connectivity index (χ0n) is 14.3. The first-order valence-corrected chi connectivity index (χ1v) is 8.56. The summed E-state index contributed by atoms with van der Waals surface area (Å²) in [4.78, 5) is 23.1. The van der Waals surface area contributed by atoms with Crippen LogP contribution in [0.25, 0.3) is 0 Å². The van der Waals surface area contributed by atoms with Crippen LogP contribution >= 0.6 is 0 Å². The van der Waals surface area contributed by atoms with Crippen molar-refractivity contribution in [3.63, 3.8) is 0 Å². The summed E-state index contributed by atoms with van der Waals surface area (Å²) < 4.78 is 0. The molecule has 0 atom stereocenters. The minimum absolute atomic E-state index is 0.0232. The molecule has 128 valence electrons. The third kappa shape index (κ3) is 8.98. The van der Waals surface area contributed by atoms with Gasteiger partial charge in [-0.2, -0.15) is 0 Å². The molecular formula is C18H29N3O2. The Bertz CT molecular complexity index is 472. The molecule has 0 unspecified atom stereocenters. The summed E-state index contributed by atoms with van der Waals surface area (Å²) >= 11 is 0. The van der Waals surface area contributed by atoms with Crippen molar-refractivity contribution in [2.24, 2.45) is 0 Å². The maximum atomic E-state index is 11.8. The lowest BCUT2D eigenvalue weighted by atomic mass is 10.1. The Hall–Kier alpha value is -1.88. The van der Waals surface area contributed by atoms with Crippen LogP contribution in [-0.2, 0) is 9.59 Å². The number of amides is 2. The molecule has 0 aliphatic carbocycles. The van der Waals surface area contributed by atoms with Gasteiger partial charge in [-0.15, -0.1) is 0 Å². The Kier molecular flexibility index (Phi) is 9.71. The maximum Gasteiger partial charge on any atom is 0.238 e. The maximum absolute atomic E-state index is 11.8. The number of carbonyl (C=O) groups excluding carboxylic acids is 2. The lowest BCUT2D eigenvalue weighted by Crippen LogP contribution is -2.28. The fourth-order valence-electron chi connectivity index (χ4n) is 2.15. The summed E-state index contributed by atoms with van der Waals surface area (Å²) in [6.07, 6.45) is 6.58. The fraction of sp³-hybridized carbons (Fsp3) is 0.556. The Morgan fingerprint density at radius 2 is 1.39 bits per heavy atom. The SMILES string of the molecule is CCCCCCCNCC(=O)Nc1ccc(NC(=O)CC)cc1. The summed E-state index contributed by atoms with van der Waals surface area (Å²) in [5, 5.41) is 8.76. The van der Waals surface area contributed by atoms with Crippen LogP contribution in [0.4, 0.5) is 11.4 Å². The van der Waals surface area contributed by atoms with Crippen LogP contribution in [0.5, 0.6) is 0 Å². The normalized spacial score (nSPS) is 10.3. The van der Waals surface area contributed by atoms with Crippen LogP contribution in [0, 0.1) is 0 Å². The number of anilines is 2. The Morgan fingerprint density at radius 1 is 0.826 bits per heavy atom. The molecule has 5 nitrogen and oxygen atoms in total. The molecule has 0 bridgehead atoms. The van der Waals surface area contributed by atoms with E-state index in [9.17, 15) is 9.59 Å². The summed E-state index contributed by atoms with van der Waals surface area (Å²) in [5.41, 5.74) is 1.47. The zero-order chi connectivity index (χ0) is 16.9. The highest BCUT2D eigenvalue weighted by Crippen LogP contribution is 2.13. The molecule has 23 heavy (non-hydrogen) atoms. The second-order valence-corrected chi connectivity index (χ2v) is 5.62. The van der Waals surface area contributed by atoms with Gasteiger partial charge in [0.1, 0.15) is 0 Å². The van der Waals surface area contributed by atoms with Crippen molar-refractivity contribution < 1.29 is 9.59 Å². The highest BCUT2D eigenvalue weighted by Gasteiger charge is 2.03. The van der Waals surface area contributed by atoms with Crippen LogP contribution in [0.15, 0.2) is 24.3 Å². The quantitative estimate of drug-likeness (QED) is 0.546. The summed E-state index contributed by atoms with van der Waals surface area (Å²) in [7, 11) is 0. The molecule has 0 aliphatic rings. The molecule has 0 radical (unpaired) electrons. The molecule has 0 heterocycles.